The van der Waals surface area contributed by atoms with Crippen molar-refractivity contribution in [2.45, 2.75) is 31.3 Å². The molecule has 1 aliphatic carbocycles. The molecule has 0 radical (unpaired) electrons. The highest BCUT2D eigenvalue weighted by molar-refractivity contribution is 6.34. The summed E-state index contributed by atoms with van der Waals surface area (Å²) in [4.78, 5) is 31.9. The van der Waals surface area contributed by atoms with E-state index in [2.05, 4.69) is 10.3 Å². The number of amides is 2. The lowest BCUT2D eigenvalue weighted by molar-refractivity contribution is 0.0467. The van der Waals surface area contributed by atoms with Gasteiger partial charge in [0.1, 0.15) is 5.75 Å². The van der Waals surface area contributed by atoms with E-state index in [9.17, 15) is 9.59 Å². The van der Waals surface area contributed by atoms with Gasteiger partial charge in [0.05, 0.1) is 24.1 Å². The van der Waals surface area contributed by atoms with Crippen LogP contribution in [0, 0.1) is 0 Å². The van der Waals surface area contributed by atoms with Crippen LogP contribution >= 0.6 is 23.2 Å². The summed E-state index contributed by atoms with van der Waals surface area (Å²) in [6.07, 6.45) is 5.54. The molecule has 2 atom stereocenters. The van der Waals surface area contributed by atoms with Crippen LogP contribution in [0.4, 0.5) is 0 Å². The van der Waals surface area contributed by atoms with Crippen LogP contribution < -0.4 is 15.8 Å². The van der Waals surface area contributed by atoms with Gasteiger partial charge in [-0.2, -0.15) is 5.10 Å². The molecule has 9 nitrogen and oxygen atoms in total. The van der Waals surface area contributed by atoms with Gasteiger partial charge >= 0.3 is 0 Å². The van der Waals surface area contributed by atoms with E-state index >= 15 is 0 Å². The first-order chi connectivity index (χ1) is 19.8. The van der Waals surface area contributed by atoms with Crippen molar-refractivity contribution in [2.75, 3.05) is 20.2 Å². The molecule has 2 amide bonds. The molecule has 2 bridgehead atoms. The highest BCUT2D eigenvalue weighted by atomic mass is 35.5. The molecule has 0 saturated carbocycles. The summed E-state index contributed by atoms with van der Waals surface area (Å²) in [6, 6.07) is 11.6. The summed E-state index contributed by atoms with van der Waals surface area (Å²) >= 11 is 12.8. The second kappa shape index (κ2) is 9.87. The van der Waals surface area contributed by atoms with Crippen molar-refractivity contribution in [1.29, 1.82) is 0 Å². The number of rotatable bonds is 5. The van der Waals surface area contributed by atoms with Crippen LogP contribution in [0.2, 0.25) is 10.0 Å². The number of piperidine rings is 1. The zero-order valence-electron chi connectivity index (χ0n) is 22.2. The third kappa shape index (κ3) is 4.45. The van der Waals surface area contributed by atoms with E-state index in [0.717, 1.165) is 34.4 Å². The van der Waals surface area contributed by atoms with Crippen LogP contribution in [0.5, 0.6) is 5.75 Å². The van der Waals surface area contributed by atoms with Crippen LogP contribution in [0.3, 0.4) is 0 Å². The molecule has 3 saturated heterocycles. The number of ether oxygens (including phenoxy) is 1. The van der Waals surface area contributed by atoms with Gasteiger partial charge < -0.3 is 20.7 Å². The SMILES string of the molecule is COc1cc2c(cc1-c1cncc(C(N)=O)c1)-c1c(c(C(=O)N3CC4CC(C3)N4)nn1-c1cc(Cl)cc(Cl)c1)CC2. The van der Waals surface area contributed by atoms with Crippen molar-refractivity contribution in [3.8, 4) is 33.8 Å². The summed E-state index contributed by atoms with van der Waals surface area (Å²) in [5.74, 6) is 0.00637. The van der Waals surface area contributed by atoms with Crippen LogP contribution in [0.1, 0.15) is 38.4 Å². The third-order valence-electron chi connectivity index (χ3n) is 8.15. The van der Waals surface area contributed by atoms with Gasteiger partial charge in [0.2, 0.25) is 5.91 Å². The highest BCUT2D eigenvalue weighted by Crippen LogP contribution is 2.43. The lowest BCUT2D eigenvalue weighted by atomic mass is 9.85. The van der Waals surface area contributed by atoms with Crippen molar-refractivity contribution < 1.29 is 14.3 Å². The first-order valence-corrected chi connectivity index (χ1v) is 14.1. The minimum absolute atomic E-state index is 0.0696. The number of pyridine rings is 1. The molecule has 2 aromatic carbocycles. The minimum atomic E-state index is -0.567. The fourth-order valence-corrected chi connectivity index (χ4v) is 6.75. The number of benzene rings is 2. The molecule has 0 spiro atoms. The Hall–Kier alpha value is -3.92. The standard InChI is InChI=1S/C30H26Cl2N6O3/c1-41-26-5-15-2-3-23-27(30(40)37-13-20-9-21(14-37)35-20)36-38(22-7-18(31)6-19(32)8-22)28(23)25(15)10-24(26)16-4-17(29(33)39)12-34-11-16/h4-8,10-12,20-21,35H,2-3,9,13-14H2,1H3,(H2,33,39). The zero-order chi connectivity index (χ0) is 28.4. The molecule has 11 heteroatoms. The van der Waals surface area contributed by atoms with Crippen LogP contribution in [-0.2, 0) is 12.8 Å². The molecule has 8 rings (SSSR count). The summed E-state index contributed by atoms with van der Waals surface area (Å²) in [5, 5.41) is 9.34. The van der Waals surface area contributed by atoms with Crippen molar-refractivity contribution >= 4 is 35.0 Å². The number of halogens is 2. The Morgan fingerprint density at radius 1 is 1.00 bits per heavy atom. The topological polar surface area (TPSA) is 115 Å². The first kappa shape index (κ1) is 26.0. The Balaban J connectivity index is 1.43. The van der Waals surface area contributed by atoms with Crippen molar-refractivity contribution in [3.05, 3.63) is 81.2 Å². The number of aryl methyl sites for hydroxylation is 1. The second-order valence-corrected chi connectivity index (χ2v) is 11.6. The monoisotopic (exact) mass is 588 g/mol. The van der Waals surface area contributed by atoms with E-state index in [-0.39, 0.29) is 5.91 Å². The van der Waals surface area contributed by atoms with Crippen molar-refractivity contribution in [1.82, 2.24) is 25.0 Å². The predicted octanol–water partition coefficient (Wildman–Crippen LogP) is 4.30. The molecule has 4 aromatic rings. The van der Waals surface area contributed by atoms with Gasteiger partial charge in [-0.25, -0.2) is 4.68 Å². The first-order valence-electron chi connectivity index (χ1n) is 13.4. The Morgan fingerprint density at radius 3 is 2.41 bits per heavy atom. The summed E-state index contributed by atoms with van der Waals surface area (Å²) in [7, 11) is 1.61. The van der Waals surface area contributed by atoms with E-state index in [1.165, 1.54) is 6.20 Å². The second-order valence-electron chi connectivity index (χ2n) is 10.8. The van der Waals surface area contributed by atoms with Gasteiger partial charge in [0.25, 0.3) is 5.91 Å². The number of carbonyl (C=O) groups excluding carboxylic acids is 2. The highest BCUT2D eigenvalue weighted by Gasteiger charge is 2.40. The molecule has 2 aromatic heterocycles. The summed E-state index contributed by atoms with van der Waals surface area (Å²) in [5.41, 5.74) is 12.0. The van der Waals surface area contributed by atoms with Gasteiger partial charge in [-0.15, -0.1) is 0 Å². The number of hydrogen-bond donors (Lipinski definition) is 2. The quantitative estimate of drug-likeness (QED) is 0.359. The zero-order valence-corrected chi connectivity index (χ0v) is 23.7. The molecular weight excluding hydrogens is 563 g/mol. The number of piperazine rings is 1. The maximum absolute atomic E-state index is 13.9. The molecule has 2 unspecified atom stereocenters. The number of nitrogens with zero attached hydrogens (tertiary/aromatic N) is 4. The molecular formula is C30H26Cl2N6O3. The van der Waals surface area contributed by atoms with Gasteiger partial charge in [-0.1, -0.05) is 23.2 Å². The van der Waals surface area contributed by atoms with Gasteiger partial charge in [0, 0.05) is 69.9 Å². The van der Waals surface area contributed by atoms with Crippen LogP contribution in [-0.4, -0.2) is 63.8 Å². The molecule has 208 valence electrons. The Kier molecular flexibility index (Phi) is 6.26. The van der Waals surface area contributed by atoms with E-state index in [1.807, 2.05) is 17.0 Å². The number of methoxy groups -OCH3 is 1. The van der Waals surface area contributed by atoms with E-state index < -0.39 is 5.91 Å². The largest absolute Gasteiger partial charge is 0.496 e. The fourth-order valence-electron chi connectivity index (χ4n) is 6.24. The number of fused-ring (bicyclic) bond motifs is 5. The molecule has 3 aliphatic heterocycles. The third-order valence-corrected chi connectivity index (χ3v) is 8.58. The molecule has 5 heterocycles. The number of nitrogens with two attached hydrogens (primary N) is 1. The molecule has 3 fully saturated rings. The number of primary amides is 1. The van der Waals surface area contributed by atoms with Crippen LogP contribution in [0.25, 0.3) is 28.1 Å². The number of nitrogens with one attached hydrogen (secondary N) is 1. The minimum Gasteiger partial charge on any atom is -0.496 e. The smallest absolute Gasteiger partial charge is 0.274 e. The van der Waals surface area contributed by atoms with E-state index in [4.69, 9.17) is 38.8 Å². The van der Waals surface area contributed by atoms with E-state index in [0.29, 0.717) is 76.3 Å². The normalized spacial score (nSPS) is 18.8. The molecule has 41 heavy (non-hydrogen) atoms. The lowest BCUT2D eigenvalue weighted by Crippen LogP contribution is -2.67. The molecule has 3 N–H and O–H groups in total. The van der Waals surface area contributed by atoms with Gasteiger partial charge in [0.15, 0.2) is 5.69 Å². The summed E-state index contributed by atoms with van der Waals surface area (Å²) < 4.78 is 7.54. The Morgan fingerprint density at radius 2 is 1.73 bits per heavy atom. The van der Waals surface area contributed by atoms with Gasteiger partial charge in [-0.3, -0.25) is 14.6 Å². The molecule has 4 aliphatic rings. The predicted molar refractivity (Wildman–Crippen MR) is 156 cm³/mol. The van der Waals surface area contributed by atoms with Crippen molar-refractivity contribution in [2.24, 2.45) is 5.73 Å². The fraction of sp³-hybridized carbons (Fsp3) is 0.267. The lowest BCUT2D eigenvalue weighted by Gasteiger charge is -2.48. The van der Waals surface area contributed by atoms with Crippen LogP contribution in [0.15, 0.2) is 48.8 Å². The Bertz CT molecular complexity index is 1720. The Labute approximate surface area is 246 Å². The van der Waals surface area contributed by atoms with Crippen molar-refractivity contribution in [3.63, 3.8) is 0 Å². The average molecular weight is 589 g/mol. The number of carbonyl (C=O) groups is 2. The number of aromatic nitrogens is 3. The maximum atomic E-state index is 13.9. The summed E-state index contributed by atoms with van der Waals surface area (Å²) in [6.45, 7) is 1.34. The maximum Gasteiger partial charge on any atom is 0.274 e. The number of hydrogen-bond acceptors (Lipinski definition) is 6. The van der Waals surface area contributed by atoms with Gasteiger partial charge in [-0.05, 0) is 61.2 Å². The van der Waals surface area contributed by atoms with E-state index in [1.54, 1.807) is 42.3 Å². The average Bonchev–Trinajstić information content (AvgIpc) is 3.35.